The molecule has 1 atom stereocenters. The lowest BCUT2D eigenvalue weighted by molar-refractivity contribution is -0.124. The average molecular weight is 316 g/mol. The first-order valence-electron chi connectivity index (χ1n) is 7.12. The first kappa shape index (κ1) is 15.7. The fraction of sp³-hybridized carbons (Fsp3) is 0.714. The number of aryl methyl sites for hydroxylation is 1. The molecule has 1 aromatic heterocycles. The lowest BCUT2D eigenvalue weighted by Crippen LogP contribution is -2.30. The number of hydrogen-bond acceptors (Lipinski definition) is 4. The van der Waals surface area contributed by atoms with E-state index < -0.39 is 0 Å². The summed E-state index contributed by atoms with van der Waals surface area (Å²) in [5.41, 5.74) is 6.92. The number of fused-ring (bicyclic) bond motifs is 1. The lowest BCUT2D eigenvalue weighted by Gasteiger charge is -2.21. The maximum atomic E-state index is 12.3. The van der Waals surface area contributed by atoms with E-state index in [0.29, 0.717) is 0 Å². The van der Waals surface area contributed by atoms with Crippen LogP contribution in [0.4, 0.5) is 5.13 Å². The number of amides is 1. The number of hydrogen-bond donors (Lipinski definition) is 2. The van der Waals surface area contributed by atoms with Gasteiger partial charge in [-0.05, 0) is 32.1 Å². The number of halogens is 1. The van der Waals surface area contributed by atoms with Gasteiger partial charge in [-0.1, -0.05) is 19.8 Å². The van der Waals surface area contributed by atoms with Crippen LogP contribution in [0, 0.1) is 5.41 Å². The van der Waals surface area contributed by atoms with Gasteiger partial charge in [-0.15, -0.1) is 23.7 Å². The summed E-state index contributed by atoms with van der Waals surface area (Å²) in [5, 5.41) is 3.79. The molecule has 1 aromatic rings. The van der Waals surface area contributed by atoms with E-state index >= 15 is 0 Å². The van der Waals surface area contributed by atoms with Crippen molar-refractivity contribution in [2.24, 2.45) is 11.1 Å². The van der Waals surface area contributed by atoms with Crippen LogP contribution in [0.3, 0.4) is 0 Å². The zero-order valence-corrected chi connectivity index (χ0v) is 13.4. The summed E-state index contributed by atoms with van der Waals surface area (Å²) in [7, 11) is 0. The van der Waals surface area contributed by atoms with Gasteiger partial charge in [0.1, 0.15) is 0 Å². The third-order valence-electron chi connectivity index (χ3n) is 4.45. The third-order valence-corrected chi connectivity index (χ3v) is 5.49. The summed E-state index contributed by atoms with van der Waals surface area (Å²) in [6.07, 6.45) is 7.16. The summed E-state index contributed by atoms with van der Waals surface area (Å²) in [6.45, 7) is 2.07. The molecule has 0 radical (unpaired) electrons. The molecule has 2 aliphatic carbocycles. The predicted octanol–water partition coefficient (Wildman–Crippen LogP) is 2.90. The van der Waals surface area contributed by atoms with Crippen LogP contribution < -0.4 is 11.1 Å². The number of thiazole rings is 1. The Kier molecular flexibility index (Phi) is 4.72. The molecule has 1 fully saturated rings. The Hall–Kier alpha value is -0.650. The fourth-order valence-corrected chi connectivity index (χ4v) is 4.18. The highest BCUT2D eigenvalue weighted by molar-refractivity contribution is 7.15. The minimum atomic E-state index is -0.192. The topological polar surface area (TPSA) is 68.0 Å². The van der Waals surface area contributed by atoms with Crippen molar-refractivity contribution in [1.82, 2.24) is 4.98 Å². The number of nitrogens with zero attached hydrogens (tertiary/aromatic N) is 1. The van der Waals surface area contributed by atoms with Crippen molar-refractivity contribution in [3.63, 3.8) is 0 Å². The molecule has 3 N–H and O–H groups in total. The second kappa shape index (κ2) is 6.00. The Labute approximate surface area is 129 Å². The van der Waals surface area contributed by atoms with Gasteiger partial charge < -0.3 is 11.1 Å². The number of nitrogens with one attached hydrogen (secondary N) is 1. The van der Waals surface area contributed by atoms with Crippen molar-refractivity contribution in [3.8, 4) is 0 Å². The Morgan fingerprint density at radius 1 is 1.45 bits per heavy atom. The van der Waals surface area contributed by atoms with E-state index in [1.807, 2.05) is 0 Å². The van der Waals surface area contributed by atoms with Crippen LogP contribution in [-0.4, -0.2) is 16.9 Å². The van der Waals surface area contributed by atoms with Crippen LogP contribution >= 0.6 is 23.7 Å². The Balaban J connectivity index is 0.00000147. The second-order valence-corrected chi connectivity index (χ2v) is 7.20. The van der Waals surface area contributed by atoms with E-state index in [2.05, 4.69) is 17.2 Å². The van der Waals surface area contributed by atoms with Gasteiger partial charge in [-0.25, -0.2) is 4.98 Å². The smallest absolute Gasteiger partial charge is 0.232 e. The zero-order valence-electron chi connectivity index (χ0n) is 11.8. The number of aromatic nitrogens is 1. The Morgan fingerprint density at radius 2 is 2.15 bits per heavy atom. The van der Waals surface area contributed by atoms with Crippen LogP contribution in [0.2, 0.25) is 0 Å². The largest absolute Gasteiger partial charge is 0.327 e. The van der Waals surface area contributed by atoms with Crippen LogP contribution in [0.5, 0.6) is 0 Å². The maximum Gasteiger partial charge on any atom is 0.232 e. The van der Waals surface area contributed by atoms with Gasteiger partial charge in [0, 0.05) is 16.3 Å². The van der Waals surface area contributed by atoms with Crippen LogP contribution in [0.15, 0.2) is 0 Å². The maximum absolute atomic E-state index is 12.3. The fourth-order valence-electron chi connectivity index (χ4n) is 3.08. The Bertz CT molecular complexity index is 497. The van der Waals surface area contributed by atoms with Crippen LogP contribution in [0.25, 0.3) is 0 Å². The monoisotopic (exact) mass is 315 g/mol. The van der Waals surface area contributed by atoms with E-state index in [-0.39, 0.29) is 29.8 Å². The van der Waals surface area contributed by atoms with Crippen molar-refractivity contribution in [3.05, 3.63) is 10.6 Å². The Morgan fingerprint density at radius 3 is 2.85 bits per heavy atom. The molecule has 0 saturated heterocycles. The van der Waals surface area contributed by atoms with E-state index in [9.17, 15) is 4.79 Å². The number of rotatable bonds is 2. The molecule has 6 heteroatoms. The molecule has 0 bridgehead atoms. The summed E-state index contributed by atoms with van der Waals surface area (Å²) in [6, 6.07) is 0.254. The normalized spacial score (nSPS) is 23.8. The highest BCUT2D eigenvalue weighted by Gasteiger charge is 2.36. The molecule has 2 aliphatic rings. The molecule has 1 heterocycles. The molecule has 0 aliphatic heterocycles. The molecule has 1 saturated carbocycles. The minimum Gasteiger partial charge on any atom is -0.327 e. The average Bonchev–Trinajstić information content (AvgIpc) is 2.95. The molecule has 0 aromatic carbocycles. The van der Waals surface area contributed by atoms with Crippen molar-refractivity contribution in [2.75, 3.05) is 5.32 Å². The SMILES string of the molecule is CC1(C(=O)Nc2nc3c(s2)C[C@@H](N)CC3)CCCC1.Cl. The first-order chi connectivity index (χ1) is 9.07. The van der Waals surface area contributed by atoms with E-state index in [1.165, 1.54) is 4.88 Å². The summed E-state index contributed by atoms with van der Waals surface area (Å²) < 4.78 is 0. The van der Waals surface area contributed by atoms with Crippen molar-refractivity contribution >= 4 is 34.8 Å². The summed E-state index contributed by atoms with van der Waals surface area (Å²) >= 11 is 1.60. The molecule has 0 spiro atoms. The van der Waals surface area contributed by atoms with Gasteiger partial charge in [0.2, 0.25) is 5.91 Å². The third kappa shape index (κ3) is 3.00. The van der Waals surface area contributed by atoms with Crippen molar-refractivity contribution in [1.29, 1.82) is 0 Å². The molecular formula is C14H22ClN3OS. The quantitative estimate of drug-likeness (QED) is 0.881. The molecule has 0 unspecified atom stereocenters. The first-order valence-corrected chi connectivity index (χ1v) is 7.94. The van der Waals surface area contributed by atoms with E-state index in [1.54, 1.807) is 11.3 Å². The zero-order chi connectivity index (χ0) is 13.5. The molecule has 3 rings (SSSR count). The van der Waals surface area contributed by atoms with E-state index in [0.717, 1.165) is 55.8 Å². The summed E-state index contributed by atoms with van der Waals surface area (Å²) in [4.78, 5) is 18.2. The number of nitrogens with two attached hydrogens (primary N) is 1. The molecular weight excluding hydrogens is 294 g/mol. The minimum absolute atomic E-state index is 0. The molecule has 1 amide bonds. The van der Waals surface area contributed by atoms with Crippen molar-refractivity contribution in [2.45, 2.75) is 57.9 Å². The van der Waals surface area contributed by atoms with Gasteiger partial charge in [-0.2, -0.15) is 0 Å². The van der Waals surface area contributed by atoms with Gasteiger partial charge >= 0.3 is 0 Å². The number of anilines is 1. The standard InChI is InChI=1S/C14H21N3OS.ClH/c1-14(6-2-3-7-14)12(18)17-13-16-10-5-4-9(15)8-11(10)19-13;/h9H,2-8,15H2,1H3,(H,16,17,18);1H/t9-;/m0./s1. The highest BCUT2D eigenvalue weighted by Crippen LogP contribution is 2.39. The van der Waals surface area contributed by atoms with Crippen LogP contribution in [0.1, 0.15) is 49.6 Å². The van der Waals surface area contributed by atoms with Gasteiger partial charge in [-0.3, -0.25) is 4.79 Å². The van der Waals surface area contributed by atoms with Gasteiger partial charge in [0.25, 0.3) is 0 Å². The highest BCUT2D eigenvalue weighted by atomic mass is 35.5. The predicted molar refractivity (Wildman–Crippen MR) is 84.6 cm³/mol. The lowest BCUT2D eigenvalue weighted by atomic mass is 9.88. The van der Waals surface area contributed by atoms with Crippen molar-refractivity contribution < 1.29 is 4.79 Å². The number of carbonyl (C=O) groups excluding carboxylic acids is 1. The molecule has 112 valence electrons. The van der Waals surface area contributed by atoms with Gasteiger partial charge in [0.05, 0.1) is 5.69 Å². The second-order valence-electron chi connectivity index (χ2n) is 6.11. The van der Waals surface area contributed by atoms with E-state index in [4.69, 9.17) is 5.73 Å². The van der Waals surface area contributed by atoms with Crippen LogP contribution in [-0.2, 0) is 17.6 Å². The summed E-state index contributed by atoms with van der Waals surface area (Å²) in [5.74, 6) is 0.139. The number of carbonyl (C=O) groups is 1. The van der Waals surface area contributed by atoms with Gasteiger partial charge in [0.15, 0.2) is 5.13 Å². The molecule has 4 nitrogen and oxygen atoms in total. The molecule has 20 heavy (non-hydrogen) atoms.